The second-order valence-electron chi connectivity index (χ2n) is 5.14. The lowest BCUT2D eigenvalue weighted by atomic mass is 10.1. The largest absolute Gasteiger partial charge is 0.341 e. The van der Waals surface area contributed by atoms with Gasteiger partial charge < -0.3 is 4.90 Å². The molecule has 112 valence electrons. The fourth-order valence-corrected chi connectivity index (χ4v) is 2.18. The molecule has 0 N–H and O–H groups in total. The summed E-state index contributed by atoms with van der Waals surface area (Å²) in [7, 11) is 1.80. The minimum atomic E-state index is -0.00222. The lowest BCUT2D eigenvalue weighted by Crippen LogP contribution is -2.38. The van der Waals surface area contributed by atoms with Crippen molar-refractivity contribution in [3.05, 3.63) is 47.0 Å². The summed E-state index contributed by atoms with van der Waals surface area (Å²) in [5.74, 6) is -0.00222. The molecule has 2 rings (SSSR count). The molecule has 0 bridgehead atoms. The lowest BCUT2D eigenvalue weighted by molar-refractivity contribution is -0.132. The number of nitrogens with zero attached hydrogens (tertiary/aromatic N) is 4. The molecule has 0 aromatic carbocycles. The van der Waals surface area contributed by atoms with Gasteiger partial charge in [-0.3, -0.25) is 14.5 Å². The Bertz CT molecular complexity index is 592. The Labute approximate surface area is 129 Å². The fraction of sp³-hybridized carbons (Fsp3) is 0.400. The van der Waals surface area contributed by atoms with Crippen LogP contribution in [0.2, 0.25) is 5.02 Å². The zero-order valence-electron chi connectivity index (χ0n) is 12.5. The van der Waals surface area contributed by atoms with E-state index in [1.807, 2.05) is 32.0 Å². The van der Waals surface area contributed by atoms with Crippen LogP contribution < -0.4 is 0 Å². The van der Waals surface area contributed by atoms with Crippen molar-refractivity contribution in [1.82, 2.24) is 19.7 Å². The van der Waals surface area contributed by atoms with Crippen LogP contribution in [0.1, 0.15) is 18.3 Å². The molecule has 2 aromatic rings. The van der Waals surface area contributed by atoms with Crippen molar-refractivity contribution in [2.75, 3.05) is 7.05 Å². The van der Waals surface area contributed by atoms with Gasteiger partial charge in [-0.05, 0) is 26.0 Å². The van der Waals surface area contributed by atoms with E-state index in [4.69, 9.17) is 11.6 Å². The average Bonchev–Trinajstić information content (AvgIpc) is 2.77. The quantitative estimate of drug-likeness (QED) is 0.852. The number of aryl methyl sites for hydroxylation is 1. The summed E-state index contributed by atoms with van der Waals surface area (Å²) < 4.78 is 1.57. The minimum Gasteiger partial charge on any atom is -0.341 e. The van der Waals surface area contributed by atoms with Gasteiger partial charge in [-0.25, -0.2) is 0 Å². The topological polar surface area (TPSA) is 51.0 Å². The Morgan fingerprint density at radius 3 is 2.81 bits per heavy atom. The number of pyridine rings is 1. The predicted molar refractivity (Wildman–Crippen MR) is 82.1 cm³/mol. The van der Waals surface area contributed by atoms with Gasteiger partial charge in [0.15, 0.2) is 0 Å². The SMILES string of the molecule is Cc1nn(CC(=O)N(C)C(C)Cc2ccccn2)cc1Cl. The Balaban J connectivity index is 1.95. The molecule has 1 amide bonds. The highest BCUT2D eigenvalue weighted by atomic mass is 35.5. The maximum absolute atomic E-state index is 12.3. The second kappa shape index (κ2) is 6.72. The maximum Gasteiger partial charge on any atom is 0.244 e. The van der Waals surface area contributed by atoms with Crippen LogP contribution in [0.4, 0.5) is 0 Å². The molecular weight excluding hydrogens is 288 g/mol. The van der Waals surface area contributed by atoms with Crippen molar-refractivity contribution in [3.8, 4) is 0 Å². The monoisotopic (exact) mass is 306 g/mol. The second-order valence-corrected chi connectivity index (χ2v) is 5.55. The van der Waals surface area contributed by atoms with Crippen molar-refractivity contribution in [2.45, 2.75) is 32.9 Å². The molecule has 0 aliphatic rings. The highest BCUT2D eigenvalue weighted by molar-refractivity contribution is 6.31. The number of amides is 1. The third-order valence-corrected chi connectivity index (χ3v) is 3.84. The zero-order chi connectivity index (χ0) is 15.4. The van der Waals surface area contributed by atoms with Crippen LogP contribution in [0.3, 0.4) is 0 Å². The van der Waals surface area contributed by atoms with Crippen LogP contribution in [0.5, 0.6) is 0 Å². The first-order chi connectivity index (χ1) is 9.97. The molecule has 1 unspecified atom stereocenters. The van der Waals surface area contributed by atoms with Gasteiger partial charge in [-0.1, -0.05) is 17.7 Å². The fourth-order valence-electron chi connectivity index (χ4n) is 2.03. The van der Waals surface area contributed by atoms with Gasteiger partial charge in [-0.15, -0.1) is 0 Å². The number of carbonyl (C=O) groups excluding carboxylic acids is 1. The summed E-state index contributed by atoms with van der Waals surface area (Å²) in [6.07, 6.45) is 4.16. The molecule has 2 heterocycles. The number of hydrogen-bond acceptors (Lipinski definition) is 3. The van der Waals surface area contributed by atoms with Gasteiger partial charge >= 0.3 is 0 Å². The Kier molecular flexibility index (Phi) is 4.96. The summed E-state index contributed by atoms with van der Waals surface area (Å²) in [5, 5.41) is 4.78. The van der Waals surface area contributed by atoms with Crippen LogP contribution in [-0.2, 0) is 17.8 Å². The van der Waals surface area contributed by atoms with Gasteiger partial charge in [0.25, 0.3) is 0 Å². The standard InChI is InChI=1S/C15H19ClN4O/c1-11(8-13-6-4-5-7-17-13)19(3)15(21)10-20-9-14(16)12(2)18-20/h4-7,9,11H,8,10H2,1-3H3. The third kappa shape index (κ3) is 4.04. The van der Waals surface area contributed by atoms with E-state index in [1.165, 1.54) is 0 Å². The molecule has 0 saturated carbocycles. The number of aromatic nitrogens is 3. The normalized spacial score (nSPS) is 12.2. The first kappa shape index (κ1) is 15.5. The van der Waals surface area contributed by atoms with Crippen molar-refractivity contribution in [2.24, 2.45) is 0 Å². The van der Waals surface area contributed by atoms with Crippen LogP contribution in [0, 0.1) is 6.92 Å². The Hall–Kier alpha value is -1.88. The van der Waals surface area contributed by atoms with Gasteiger partial charge in [0.1, 0.15) is 6.54 Å². The van der Waals surface area contributed by atoms with Crippen LogP contribution in [0.15, 0.2) is 30.6 Å². The molecule has 1 atom stereocenters. The number of halogens is 1. The summed E-state index contributed by atoms with van der Waals surface area (Å²) in [6, 6.07) is 5.86. The molecule has 0 radical (unpaired) electrons. The molecular formula is C15H19ClN4O. The number of carbonyl (C=O) groups is 1. The van der Waals surface area contributed by atoms with Crippen LogP contribution in [0.25, 0.3) is 0 Å². The molecule has 21 heavy (non-hydrogen) atoms. The van der Waals surface area contributed by atoms with Gasteiger partial charge in [-0.2, -0.15) is 5.10 Å². The van der Waals surface area contributed by atoms with Gasteiger partial charge in [0.2, 0.25) is 5.91 Å². The van der Waals surface area contributed by atoms with E-state index in [-0.39, 0.29) is 18.5 Å². The van der Waals surface area contributed by atoms with Gasteiger partial charge in [0, 0.05) is 37.6 Å². The summed E-state index contributed by atoms with van der Waals surface area (Å²) in [4.78, 5) is 18.3. The smallest absolute Gasteiger partial charge is 0.244 e. The molecule has 0 aliphatic carbocycles. The van der Waals surface area contributed by atoms with E-state index in [1.54, 1.807) is 29.0 Å². The van der Waals surface area contributed by atoms with E-state index in [0.29, 0.717) is 5.02 Å². The summed E-state index contributed by atoms with van der Waals surface area (Å²) in [6.45, 7) is 4.02. The number of hydrogen-bond donors (Lipinski definition) is 0. The van der Waals surface area contributed by atoms with E-state index >= 15 is 0 Å². The third-order valence-electron chi connectivity index (χ3n) is 3.47. The van der Waals surface area contributed by atoms with Crippen molar-refractivity contribution in [1.29, 1.82) is 0 Å². The first-order valence-electron chi connectivity index (χ1n) is 6.82. The molecule has 6 heteroatoms. The molecule has 2 aromatic heterocycles. The average molecular weight is 307 g/mol. The lowest BCUT2D eigenvalue weighted by Gasteiger charge is -2.24. The van der Waals surface area contributed by atoms with Crippen molar-refractivity contribution >= 4 is 17.5 Å². The first-order valence-corrected chi connectivity index (χ1v) is 7.20. The Morgan fingerprint density at radius 2 is 2.24 bits per heavy atom. The van der Waals surface area contributed by atoms with E-state index in [2.05, 4.69) is 10.1 Å². The van der Waals surface area contributed by atoms with E-state index < -0.39 is 0 Å². The molecule has 0 aliphatic heterocycles. The zero-order valence-corrected chi connectivity index (χ0v) is 13.2. The van der Waals surface area contributed by atoms with Crippen molar-refractivity contribution in [3.63, 3.8) is 0 Å². The van der Waals surface area contributed by atoms with E-state index in [0.717, 1.165) is 17.8 Å². The van der Waals surface area contributed by atoms with Crippen LogP contribution >= 0.6 is 11.6 Å². The highest BCUT2D eigenvalue weighted by Crippen LogP contribution is 2.12. The molecule has 0 fully saturated rings. The number of rotatable bonds is 5. The summed E-state index contributed by atoms with van der Waals surface area (Å²) in [5.41, 5.74) is 1.70. The summed E-state index contributed by atoms with van der Waals surface area (Å²) >= 11 is 5.95. The maximum atomic E-state index is 12.3. The molecule has 0 spiro atoms. The minimum absolute atomic E-state index is 0.00222. The molecule has 5 nitrogen and oxygen atoms in total. The van der Waals surface area contributed by atoms with Gasteiger partial charge in [0.05, 0.1) is 10.7 Å². The Morgan fingerprint density at radius 1 is 1.48 bits per heavy atom. The predicted octanol–water partition coefficient (Wildman–Crippen LogP) is 2.33. The van der Waals surface area contributed by atoms with E-state index in [9.17, 15) is 4.79 Å². The van der Waals surface area contributed by atoms with Crippen LogP contribution in [-0.4, -0.2) is 38.7 Å². The highest BCUT2D eigenvalue weighted by Gasteiger charge is 2.17. The van der Waals surface area contributed by atoms with Crippen molar-refractivity contribution < 1.29 is 4.79 Å². The number of likely N-dealkylation sites (N-methyl/N-ethyl adjacent to an activating group) is 1. The molecule has 0 saturated heterocycles.